The van der Waals surface area contributed by atoms with Crippen LogP contribution in [0.5, 0.6) is 0 Å². The fraction of sp³-hybridized carbons (Fsp3) is 0.300. The smallest absolute Gasteiger partial charge is 0.175 e. The molecule has 2 N–H and O–H groups in total. The number of hydrogen-bond acceptors (Lipinski definition) is 4. The molecule has 0 saturated heterocycles. The first-order valence-corrected chi connectivity index (χ1v) is 10.7. The molecular weight excluding hydrogens is 391 g/mol. The molecule has 1 aliphatic carbocycles. The van der Waals surface area contributed by atoms with Gasteiger partial charge in [-0.25, -0.2) is 12.8 Å². The van der Waals surface area contributed by atoms with Crippen LogP contribution in [0.3, 0.4) is 0 Å². The molecule has 0 unspecified atom stereocenters. The van der Waals surface area contributed by atoms with E-state index in [9.17, 15) is 23.0 Å². The van der Waals surface area contributed by atoms with Crippen molar-refractivity contribution in [2.75, 3.05) is 19.5 Å². The fourth-order valence-corrected chi connectivity index (χ4v) is 4.25. The number of benzene rings is 2. The van der Waals surface area contributed by atoms with Crippen LogP contribution < -0.4 is 0 Å². The third-order valence-electron chi connectivity index (χ3n) is 5.04. The monoisotopic (exact) mass is 410 g/mol. The van der Waals surface area contributed by atoms with E-state index in [1.54, 1.807) is 18.2 Å². The van der Waals surface area contributed by atoms with E-state index >= 15 is 0 Å². The largest absolute Gasteiger partial charge is 0.396 e. The number of aliphatic hydroxyl groups is 2. The standard InChI is InChI=1S/C20H20ClFO4S/c1-27(25,26)15-5-2-13(3-6-15)16-9-20(11-23,12-24)10-17(16)14-4-7-19(22)18(21)8-14/h2-8,23-24H,9-12H2,1H3. The van der Waals surface area contributed by atoms with Gasteiger partial charge in [-0.05, 0) is 59.4 Å². The minimum Gasteiger partial charge on any atom is -0.396 e. The lowest BCUT2D eigenvalue weighted by Crippen LogP contribution is -2.27. The molecule has 0 aromatic heterocycles. The Morgan fingerprint density at radius 3 is 2.00 bits per heavy atom. The number of rotatable bonds is 5. The molecule has 144 valence electrons. The Bertz CT molecular complexity index is 993. The molecule has 0 fully saturated rings. The summed E-state index contributed by atoms with van der Waals surface area (Å²) >= 11 is 5.93. The maximum Gasteiger partial charge on any atom is 0.175 e. The maximum atomic E-state index is 13.6. The zero-order chi connectivity index (χ0) is 19.8. The third kappa shape index (κ3) is 3.94. The van der Waals surface area contributed by atoms with Crippen LogP contribution in [-0.2, 0) is 9.84 Å². The highest BCUT2D eigenvalue weighted by atomic mass is 35.5. The normalized spacial score (nSPS) is 16.8. The number of halogens is 2. The summed E-state index contributed by atoms with van der Waals surface area (Å²) in [6.45, 7) is -0.403. The zero-order valence-electron chi connectivity index (χ0n) is 14.7. The van der Waals surface area contributed by atoms with Gasteiger partial charge in [-0.15, -0.1) is 0 Å². The van der Waals surface area contributed by atoms with Gasteiger partial charge in [-0.3, -0.25) is 0 Å². The number of aliphatic hydroxyl groups excluding tert-OH is 2. The zero-order valence-corrected chi connectivity index (χ0v) is 16.3. The summed E-state index contributed by atoms with van der Waals surface area (Å²) in [5.74, 6) is -0.520. The van der Waals surface area contributed by atoms with Gasteiger partial charge in [0, 0.05) is 11.7 Å². The van der Waals surface area contributed by atoms with Crippen LogP contribution in [0, 0.1) is 11.2 Å². The van der Waals surface area contributed by atoms with Crippen LogP contribution in [-0.4, -0.2) is 38.1 Å². The Kier molecular flexibility index (Phi) is 5.45. The van der Waals surface area contributed by atoms with Gasteiger partial charge in [0.05, 0.1) is 23.1 Å². The van der Waals surface area contributed by atoms with Crippen molar-refractivity contribution in [3.8, 4) is 0 Å². The van der Waals surface area contributed by atoms with E-state index < -0.39 is 21.1 Å². The molecule has 0 atom stereocenters. The lowest BCUT2D eigenvalue weighted by atomic mass is 9.84. The molecule has 27 heavy (non-hydrogen) atoms. The molecule has 0 aliphatic heterocycles. The van der Waals surface area contributed by atoms with Crippen LogP contribution in [0.15, 0.2) is 47.4 Å². The van der Waals surface area contributed by atoms with Gasteiger partial charge in [0.15, 0.2) is 9.84 Å². The number of hydrogen-bond donors (Lipinski definition) is 2. The van der Waals surface area contributed by atoms with Crippen molar-refractivity contribution < 1.29 is 23.0 Å². The highest BCUT2D eigenvalue weighted by Crippen LogP contribution is 2.50. The number of sulfone groups is 1. The lowest BCUT2D eigenvalue weighted by Gasteiger charge is -2.24. The Morgan fingerprint density at radius 2 is 1.52 bits per heavy atom. The summed E-state index contributed by atoms with van der Waals surface area (Å²) < 4.78 is 36.9. The predicted octanol–water partition coefficient (Wildman–Crippen LogP) is 3.56. The van der Waals surface area contributed by atoms with Crippen LogP contribution in [0.4, 0.5) is 4.39 Å². The van der Waals surface area contributed by atoms with E-state index in [1.165, 1.54) is 24.3 Å². The van der Waals surface area contributed by atoms with Gasteiger partial charge >= 0.3 is 0 Å². The Morgan fingerprint density at radius 1 is 1.00 bits per heavy atom. The number of allylic oxidation sites excluding steroid dienone is 2. The summed E-state index contributed by atoms with van der Waals surface area (Å²) in [5, 5.41) is 19.7. The van der Waals surface area contributed by atoms with Gasteiger partial charge in [0.25, 0.3) is 0 Å². The quantitative estimate of drug-likeness (QED) is 0.790. The van der Waals surface area contributed by atoms with Crippen LogP contribution in [0.1, 0.15) is 24.0 Å². The van der Waals surface area contributed by atoms with Crippen molar-refractivity contribution in [1.82, 2.24) is 0 Å². The SMILES string of the molecule is CS(=O)(=O)c1ccc(C2=C(c3ccc(F)c(Cl)c3)CC(CO)(CO)C2)cc1. The van der Waals surface area contributed by atoms with E-state index in [0.29, 0.717) is 18.4 Å². The summed E-state index contributed by atoms with van der Waals surface area (Å²) in [6.07, 6.45) is 1.97. The second-order valence-electron chi connectivity index (χ2n) is 7.05. The summed E-state index contributed by atoms with van der Waals surface area (Å²) in [4.78, 5) is 0.215. The minimum absolute atomic E-state index is 0.00253. The second-order valence-corrected chi connectivity index (χ2v) is 9.48. The van der Waals surface area contributed by atoms with Crippen molar-refractivity contribution in [1.29, 1.82) is 0 Å². The maximum absolute atomic E-state index is 13.6. The molecule has 0 radical (unpaired) electrons. The first-order chi connectivity index (χ1) is 12.7. The Hall–Kier alpha value is -1.73. The molecule has 0 heterocycles. The van der Waals surface area contributed by atoms with Crippen molar-refractivity contribution in [2.45, 2.75) is 17.7 Å². The summed E-state index contributed by atoms with van der Waals surface area (Å²) in [7, 11) is -3.31. The van der Waals surface area contributed by atoms with E-state index in [0.717, 1.165) is 23.0 Å². The van der Waals surface area contributed by atoms with E-state index in [4.69, 9.17) is 11.6 Å². The van der Waals surface area contributed by atoms with Gasteiger partial charge in [0.1, 0.15) is 5.82 Å². The highest BCUT2D eigenvalue weighted by Gasteiger charge is 2.39. The Labute approximate surface area is 162 Å². The van der Waals surface area contributed by atoms with Crippen molar-refractivity contribution >= 4 is 32.6 Å². The third-order valence-corrected chi connectivity index (χ3v) is 6.46. The molecule has 3 rings (SSSR count). The molecule has 0 spiro atoms. The average molecular weight is 411 g/mol. The molecule has 0 amide bonds. The first-order valence-electron chi connectivity index (χ1n) is 8.39. The van der Waals surface area contributed by atoms with E-state index in [2.05, 4.69) is 0 Å². The fourth-order valence-electron chi connectivity index (χ4n) is 3.44. The van der Waals surface area contributed by atoms with Gasteiger partial charge in [-0.1, -0.05) is 29.8 Å². The molecule has 4 nitrogen and oxygen atoms in total. The molecule has 1 aliphatic rings. The summed E-state index contributed by atoms with van der Waals surface area (Å²) in [5.41, 5.74) is 2.52. The second kappa shape index (κ2) is 7.36. The van der Waals surface area contributed by atoms with Crippen molar-refractivity contribution in [2.24, 2.45) is 5.41 Å². The van der Waals surface area contributed by atoms with Gasteiger partial charge in [-0.2, -0.15) is 0 Å². The van der Waals surface area contributed by atoms with E-state index in [1.807, 2.05) is 0 Å². The topological polar surface area (TPSA) is 74.6 Å². The molecule has 0 bridgehead atoms. The van der Waals surface area contributed by atoms with Crippen molar-refractivity contribution in [3.05, 3.63) is 64.4 Å². The van der Waals surface area contributed by atoms with Crippen molar-refractivity contribution in [3.63, 3.8) is 0 Å². The average Bonchev–Trinajstić information content (AvgIpc) is 3.04. The van der Waals surface area contributed by atoms with E-state index in [-0.39, 0.29) is 23.1 Å². The summed E-state index contributed by atoms with van der Waals surface area (Å²) in [6, 6.07) is 10.9. The molecule has 2 aromatic rings. The Balaban J connectivity index is 2.12. The van der Waals surface area contributed by atoms with Crippen LogP contribution >= 0.6 is 11.6 Å². The lowest BCUT2D eigenvalue weighted by molar-refractivity contribution is 0.0677. The van der Waals surface area contributed by atoms with Gasteiger partial charge in [0.2, 0.25) is 0 Å². The molecule has 0 saturated carbocycles. The predicted molar refractivity (Wildman–Crippen MR) is 104 cm³/mol. The molecular formula is C20H20ClFO4S. The molecule has 2 aromatic carbocycles. The van der Waals surface area contributed by atoms with Gasteiger partial charge < -0.3 is 10.2 Å². The van der Waals surface area contributed by atoms with Crippen LogP contribution in [0.25, 0.3) is 11.1 Å². The van der Waals surface area contributed by atoms with Crippen LogP contribution in [0.2, 0.25) is 5.02 Å². The molecule has 7 heteroatoms. The first kappa shape index (κ1) is 20.0. The highest BCUT2D eigenvalue weighted by molar-refractivity contribution is 7.90. The minimum atomic E-state index is -3.31.